The third-order valence-corrected chi connectivity index (χ3v) is 4.69. The molecule has 0 bridgehead atoms. The fraction of sp³-hybridized carbons (Fsp3) is 0.150. The number of pyridine rings is 1. The highest BCUT2D eigenvalue weighted by molar-refractivity contribution is 7.92. The van der Waals surface area contributed by atoms with Crippen LogP contribution < -0.4 is 20.8 Å². The summed E-state index contributed by atoms with van der Waals surface area (Å²) in [5.41, 5.74) is 1.90. The van der Waals surface area contributed by atoms with Gasteiger partial charge in [-0.15, -0.1) is 0 Å². The van der Waals surface area contributed by atoms with Crippen molar-refractivity contribution >= 4 is 49.8 Å². The fourth-order valence-electron chi connectivity index (χ4n) is 2.96. The van der Waals surface area contributed by atoms with Crippen LogP contribution in [-0.2, 0) is 14.8 Å². The number of aromatic amines is 1. The summed E-state index contributed by atoms with van der Waals surface area (Å²) in [7, 11) is -3.64. The van der Waals surface area contributed by atoms with Crippen LogP contribution >= 0.6 is 0 Å². The molecular weight excluding hydrogens is 408 g/mol. The van der Waals surface area contributed by atoms with Gasteiger partial charge >= 0.3 is 0 Å². The summed E-state index contributed by atoms with van der Waals surface area (Å²) in [6.45, 7) is 3.09. The van der Waals surface area contributed by atoms with Crippen LogP contribution in [0.1, 0.15) is 23.0 Å². The van der Waals surface area contributed by atoms with Gasteiger partial charge in [-0.1, -0.05) is 0 Å². The van der Waals surface area contributed by atoms with E-state index in [4.69, 9.17) is 0 Å². The number of anilines is 3. The van der Waals surface area contributed by atoms with Crippen LogP contribution in [0.4, 0.5) is 17.1 Å². The van der Waals surface area contributed by atoms with Gasteiger partial charge in [-0.25, -0.2) is 8.42 Å². The van der Waals surface area contributed by atoms with Crippen LogP contribution in [0.2, 0.25) is 0 Å². The molecule has 0 saturated carbocycles. The van der Waals surface area contributed by atoms with Crippen LogP contribution in [0.25, 0.3) is 10.9 Å². The fourth-order valence-corrected chi connectivity index (χ4v) is 3.54. The number of fused-ring (bicyclic) bond motifs is 1. The number of benzene rings is 2. The number of carbonyl (C=O) groups is 2. The van der Waals surface area contributed by atoms with Crippen LogP contribution in [-0.4, -0.2) is 31.5 Å². The van der Waals surface area contributed by atoms with E-state index in [0.29, 0.717) is 22.3 Å². The molecule has 0 radical (unpaired) electrons. The van der Waals surface area contributed by atoms with Gasteiger partial charge in [0.05, 0.1) is 17.5 Å². The number of hydrogen-bond acceptors (Lipinski definition) is 5. The molecule has 0 aliphatic carbocycles. The van der Waals surface area contributed by atoms with Crippen LogP contribution in [0.3, 0.4) is 0 Å². The zero-order chi connectivity index (χ0) is 22.1. The van der Waals surface area contributed by atoms with E-state index >= 15 is 0 Å². The summed E-state index contributed by atoms with van der Waals surface area (Å²) in [6, 6.07) is 10.5. The summed E-state index contributed by atoms with van der Waals surface area (Å²) in [4.78, 5) is 39.5. The molecule has 0 unspecified atom stereocenters. The van der Waals surface area contributed by atoms with E-state index in [1.807, 2.05) is 0 Å². The highest BCUT2D eigenvalue weighted by atomic mass is 32.2. The third kappa shape index (κ3) is 5.03. The van der Waals surface area contributed by atoms with E-state index in [-0.39, 0.29) is 22.6 Å². The van der Waals surface area contributed by atoms with Crippen molar-refractivity contribution in [2.45, 2.75) is 13.8 Å². The number of H-pyrrole nitrogens is 1. The quantitative estimate of drug-likeness (QED) is 0.495. The number of sulfonamides is 1. The first-order chi connectivity index (χ1) is 14.0. The number of aromatic nitrogens is 1. The number of rotatable bonds is 5. The van der Waals surface area contributed by atoms with Gasteiger partial charge in [-0.2, -0.15) is 0 Å². The highest BCUT2D eigenvalue weighted by Gasteiger charge is 2.16. The van der Waals surface area contributed by atoms with Gasteiger partial charge in [-0.05, 0) is 43.3 Å². The molecular formula is C20H20N4O5S. The standard InChI is InChI=1S/C20H20N4O5S/c1-11-8-19(26)15-9-14(4-6-17(15)21-11)23-20(27)16-10-13(22-12(2)25)5-7-18(16)24-30(3,28)29/h4-10,24H,1-3H3,(H,21,26)(H,22,25)(H,23,27). The number of aryl methyl sites for hydroxylation is 1. The second-order valence-corrected chi connectivity index (χ2v) is 8.60. The molecule has 3 rings (SSSR count). The number of carbonyl (C=O) groups excluding carboxylic acids is 2. The molecule has 1 heterocycles. The van der Waals surface area contributed by atoms with E-state index < -0.39 is 15.9 Å². The normalized spacial score (nSPS) is 11.2. The molecule has 2 amide bonds. The van der Waals surface area contributed by atoms with E-state index in [9.17, 15) is 22.8 Å². The van der Waals surface area contributed by atoms with Crippen LogP contribution in [0, 0.1) is 6.92 Å². The van der Waals surface area contributed by atoms with Crippen molar-refractivity contribution in [3.63, 3.8) is 0 Å². The lowest BCUT2D eigenvalue weighted by Gasteiger charge is -2.13. The molecule has 2 aromatic carbocycles. The molecule has 0 aliphatic rings. The molecule has 0 spiro atoms. The van der Waals surface area contributed by atoms with Crippen molar-refractivity contribution in [2.24, 2.45) is 0 Å². The Balaban J connectivity index is 1.99. The molecule has 4 N–H and O–H groups in total. The maximum absolute atomic E-state index is 12.9. The number of nitrogens with one attached hydrogen (secondary N) is 4. The maximum atomic E-state index is 12.9. The predicted octanol–water partition coefficient (Wildman–Crippen LogP) is 2.42. The molecule has 10 heteroatoms. The lowest BCUT2D eigenvalue weighted by molar-refractivity contribution is -0.114. The topological polar surface area (TPSA) is 137 Å². The molecule has 156 valence electrons. The van der Waals surface area contributed by atoms with Gasteiger partial charge in [0.15, 0.2) is 5.43 Å². The minimum absolute atomic E-state index is 0.00425. The minimum Gasteiger partial charge on any atom is -0.358 e. The Morgan fingerprint density at radius 3 is 2.30 bits per heavy atom. The Kier molecular flexibility index (Phi) is 5.61. The number of hydrogen-bond donors (Lipinski definition) is 4. The summed E-state index contributed by atoms with van der Waals surface area (Å²) in [5.74, 6) is -0.953. The maximum Gasteiger partial charge on any atom is 0.257 e. The molecule has 0 saturated heterocycles. The van der Waals surface area contributed by atoms with Crippen molar-refractivity contribution in [3.05, 3.63) is 63.9 Å². The Morgan fingerprint density at radius 1 is 0.967 bits per heavy atom. The SMILES string of the molecule is CC(=O)Nc1ccc(NS(C)(=O)=O)c(C(=O)Nc2ccc3[nH]c(C)cc(=O)c3c2)c1. The van der Waals surface area contributed by atoms with Crippen molar-refractivity contribution < 1.29 is 18.0 Å². The molecule has 0 fully saturated rings. The van der Waals surface area contributed by atoms with Crippen molar-refractivity contribution in [1.29, 1.82) is 0 Å². The Labute approximate surface area is 172 Å². The Hall–Kier alpha value is -3.66. The highest BCUT2D eigenvalue weighted by Crippen LogP contribution is 2.24. The summed E-state index contributed by atoms with van der Waals surface area (Å²) >= 11 is 0. The summed E-state index contributed by atoms with van der Waals surface area (Å²) < 4.78 is 25.6. The van der Waals surface area contributed by atoms with Gasteiger partial charge in [0.2, 0.25) is 15.9 Å². The van der Waals surface area contributed by atoms with Gasteiger partial charge in [0.25, 0.3) is 5.91 Å². The van der Waals surface area contributed by atoms with Gasteiger partial charge in [0.1, 0.15) is 0 Å². The molecule has 0 atom stereocenters. The smallest absolute Gasteiger partial charge is 0.257 e. The van der Waals surface area contributed by atoms with E-state index in [0.717, 1.165) is 11.9 Å². The molecule has 0 aliphatic heterocycles. The first-order valence-electron chi connectivity index (χ1n) is 8.86. The third-order valence-electron chi connectivity index (χ3n) is 4.10. The van der Waals surface area contributed by atoms with Gasteiger partial charge < -0.3 is 15.6 Å². The predicted molar refractivity (Wildman–Crippen MR) is 116 cm³/mol. The number of amides is 2. The zero-order valence-electron chi connectivity index (χ0n) is 16.5. The van der Waals surface area contributed by atoms with Crippen molar-refractivity contribution in [1.82, 2.24) is 4.98 Å². The largest absolute Gasteiger partial charge is 0.358 e. The summed E-state index contributed by atoms with van der Waals surface area (Å²) in [6.07, 6.45) is 0.966. The second kappa shape index (κ2) is 7.99. The van der Waals surface area contributed by atoms with E-state index in [2.05, 4.69) is 20.3 Å². The lowest BCUT2D eigenvalue weighted by Crippen LogP contribution is -2.18. The van der Waals surface area contributed by atoms with Gasteiger partial charge in [0, 0.05) is 41.0 Å². The van der Waals surface area contributed by atoms with Crippen molar-refractivity contribution in [3.8, 4) is 0 Å². The average Bonchev–Trinajstić information content (AvgIpc) is 2.61. The molecule has 1 aromatic heterocycles. The van der Waals surface area contributed by atoms with Crippen LogP contribution in [0.15, 0.2) is 47.3 Å². The Bertz CT molecular complexity index is 1330. The monoisotopic (exact) mass is 428 g/mol. The first-order valence-corrected chi connectivity index (χ1v) is 10.8. The zero-order valence-corrected chi connectivity index (χ0v) is 17.3. The van der Waals surface area contributed by atoms with E-state index in [1.165, 1.54) is 37.3 Å². The lowest BCUT2D eigenvalue weighted by atomic mass is 10.1. The van der Waals surface area contributed by atoms with Crippen molar-refractivity contribution in [2.75, 3.05) is 21.6 Å². The molecule has 3 aromatic rings. The minimum atomic E-state index is -3.64. The molecule has 30 heavy (non-hydrogen) atoms. The molecule has 9 nitrogen and oxygen atoms in total. The Morgan fingerprint density at radius 2 is 1.63 bits per heavy atom. The second-order valence-electron chi connectivity index (χ2n) is 6.85. The first kappa shape index (κ1) is 21.1. The van der Waals surface area contributed by atoms with Gasteiger partial charge in [-0.3, -0.25) is 19.1 Å². The van der Waals surface area contributed by atoms with E-state index in [1.54, 1.807) is 19.1 Å². The van der Waals surface area contributed by atoms with Crippen LogP contribution in [0.5, 0.6) is 0 Å². The summed E-state index contributed by atoms with van der Waals surface area (Å²) in [5, 5.41) is 5.61. The average molecular weight is 428 g/mol.